The molecule has 2 nitrogen and oxygen atoms in total. The fourth-order valence-corrected chi connectivity index (χ4v) is 0.535. The molecule has 0 atom stereocenters. The first-order valence-corrected chi connectivity index (χ1v) is 3.22. The van der Waals surface area contributed by atoms with Crippen LogP contribution in [0, 0.1) is 0 Å². The van der Waals surface area contributed by atoms with Crippen molar-refractivity contribution in [2.24, 2.45) is 0 Å². The van der Waals surface area contributed by atoms with Crippen molar-refractivity contribution in [1.82, 2.24) is 0 Å². The first-order chi connectivity index (χ1) is 4.68. The Hall–Kier alpha value is -0.920. The molecule has 0 bridgehead atoms. The molecule has 0 unspecified atom stereocenters. The molecule has 0 amide bonds. The molecule has 0 aliphatic carbocycles. The van der Waals surface area contributed by atoms with Crippen LogP contribution in [-0.2, 0) is 9.59 Å². The van der Waals surface area contributed by atoms with Crippen molar-refractivity contribution in [1.29, 1.82) is 0 Å². The van der Waals surface area contributed by atoms with Gasteiger partial charge in [0.2, 0.25) is 0 Å². The van der Waals surface area contributed by atoms with Gasteiger partial charge < -0.3 is 0 Å². The lowest BCUT2D eigenvalue weighted by Gasteiger charge is -1.94. The Balaban J connectivity index is 3.40. The average molecular weight is 139 g/mol. The summed E-state index contributed by atoms with van der Waals surface area (Å²) in [5.41, 5.74) is 0.561. The van der Waals surface area contributed by atoms with E-state index in [1.807, 2.05) is 0 Å². The molecule has 10 heavy (non-hydrogen) atoms. The summed E-state index contributed by atoms with van der Waals surface area (Å²) in [7, 11) is 0. The summed E-state index contributed by atoms with van der Waals surface area (Å²) in [5, 5.41) is 0. The highest BCUT2D eigenvalue weighted by molar-refractivity contribution is 5.94. The molecule has 0 aliphatic heterocycles. The summed E-state index contributed by atoms with van der Waals surface area (Å²) in [6.07, 6.45) is 3.09. The zero-order chi connectivity index (χ0) is 7.98. The second-order valence-electron chi connectivity index (χ2n) is 2.20. The number of rotatable bonds is 5. The first kappa shape index (κ1) is 9.08. The SMILES string of the molecule is C=C(C)C(=O)CCC[C]=O. The Kier molecular flexibility index (Phi) is 4.46. The quantitative estimate of drug-likeness (QED) is 0.426. The van der Waals surface area contributed by atoms with Gasteiger partial charge in [-0.15, -0.1) is 0 Å². The number of unbranched alkanes of at least 4 members (excludes halogenated alkanes) is 1. The van der Waals surface area contributed by atoms with E-state index in [0.29, 0.717) is 24.8 Å². The molecule has 0 aromatic heterocycles. The van der Waals surface area contributed by atoms with Crippen molar-refractivity contribution in [3.05, 3.63) is 12.2 Å². The van der Waals surface area contributed by atoms with Gasteiger partial charge in [0.15, 0.2) is 12.1 Å². The second kappa shape index (κ2) is 4.91. The third-order valence-electron chi connectivity index (χ3n) is 1.16. The number of ketones is 1. The van der Waals surface area contributed by atoms with E-state index in [4.69, 9.17) is 0 Å². The largest absolute Gasteiger partial charge is 0.295 e. The monoisotopic (exact) mass is 139 g/mol. The summed E-state index contributed by atoms with van der Waals surface area (Å²) in [6, 6.07) is 0. The minimum atomic E-state index is 0.0373. The van der Waals surface area contributed by atoms with E-state index < -0.39 is 0 Å². The van der Waals surface area contributed by atoms with Crippen molar-refractivity contribution < 1.29 is 9.59 Å². The molecule has 0 aromatic carbocycles. The summed E-state index contributed by atoms with van der Waals surface area (Å²) in [6.45, 7) is 5.16. The van der Waals surface area contributed by atoms with Gasteiger partial charge >= 0.3 is 0 Å². The molecular weight excluding hydrogens is 128 g/mol. The molecule has 2 heteroatoms. The van der Waals surface area contributed by atoms with Gasteiger partial charge in [-0.3, -0.25) is 9.59 Å². The van der Waals surface area contributed by atoms with Crippen molar-refractivity contribution in [3.8, 4) is 0 Å². The Morgan fingerprint density at radius 1 is 1.60 bits per heavy atom. The first-order valence-electron chi connectivity index (χ1n) is 3.22. The topological polar surface area (TPSA) is 34.1 Å². The minimum Gasteiger partial charge on any atom is -0.295 e. The fourth-order valence-electron chi connectivity index (χ4n) is 0.535. The molecule has 0 saturated carbocycles. The van der Waals surface area contributed by atoms with Crippen LogP contribution in [0.1, 0.15) is 26.2 Å². The Labute approximate surface area is 60.9 Å². The van der Waals surface area contributed by atoms with E-state index >= 15 is 0 Å². The zero-order valence-electron chi connectivity index (χ0n) is 6.14. The van der Waals surface area contributed by atoms with Gasteiger partial charge in [-0.05, 0) is 18.9 Å². The Morgan fingerprint density at radius 3 is 2.60 bits per heavy atom. The number of allylic oxidation sites excluding steroid dienone is 1. The minimum absolute atomic E-state index is 0.0373. The summed E-state index contributed by atoms with van der Waals surface area (Å²) in [4.78, 5) is 20.5. The lowest BCUT2D eigenvalue weighted by molar-refractivity contribution is -0.115. The van der Waals surface area contributed by atoms with Gasteiger partial charge in [0.25, 0.3) is 0 Å². The molecule has 55 valence electrons. The van der Waals surface area contributed by atoms with Gasteiger partial charge in [0.05, 0.1) is 0 Å². The standard InChI is InChI=1S/C8H11O2/c1-7(2)8(10)5-3-4-6-9/h1,3-5H2,2H3. The summed E-state index contributed by atoms with van der Waals surface area (Å²) >= 11 is 0. The van der Waals surface area contributed by atoms with Gasteiger partial charge in [-0.25, -0.2) is 0 Å². The van der Waals surface area contributed by atoms with E-state index in [1.165, 1.54) is 0 Å². The van der Waals surface area contributed by atoms with Crippen LogP contribution in [0.4, 0.5) is 0 Å². The average Bonchev–Trinajstić information content (AvgIpc) is 1.88. The van der Waals surface area contributed by atoms with Crippen LogP contribution in [0.25, 0.3) is 0 Å². The van der Waals surface area contributed by atoms with E-state index in [2.05, 4.69) is 6.58 Å². The van der Waals surface area contributed by atoms with Crippen molar-refractivity contribution in [3.63, 3.8) is 0 Å². The van der Waals surface area contributed by atoms with Crippen LogP contribution in [-0.4, -0.2) is 12.1 Å². The van der Waals surface area contributed by atoms with Crippen LogP contribution in [0.3, 0.4) is 0 Å². The highest BCUT2D eigenvalue weighted by atomic mass is 16.1. The van der Waals surface area contributed by atoms with E-state index in [9.17, 15) is 9.59 Å². The number of carbonyl (C=O) groups is 1. The lowest BCUT2D eigenvalue weighted by atomic mass is 10.1. The Morgan fingerprint density at radius 2 is 2.20 bits per heavy atom. The maximum Gasteiger partial charge on any atom is 0.198 e. The predicted octanol–water partition coefficient (Wildman–Crippen LogP) is 1.41. The van der Waals surface area contributed by atoms with Gasteiger partial charge in [0, 0.05) is 12.8 Å². The molecule has 0 rings (SSSR count). The van der Waals surface area contributed by atoms with Crippen molar-refractivity contribution in [2.45, 2.75) is 26.2 Å². The van der Waals surface area contributed by atoms with Crippen LogP contribution in [0.2, 0.25) is 0 Å². The zero-order valence-corrected chi connectivity index (χ0v) is 6.14. The van der Waals surface area contributed by atoms with Crippen LogP contribution in [0.15, 0.2) is 12.2 Å². The lowest BCUT2D eigenvalue weighted by Crippen LogP contribution is -1.97. The smallest absolute Gasteiger partial charge is 0.198 e. The summed E-state index contributed by atoms with van der Waals surface area (Å²) < 4.78 is 0. The number of hydrogen-bond acceptors (Lipinski definition) is 2. The number of carbonyl (C=O) groups excluding carboxylic acids is 2. The molecule has 0 N–H and O–H groups in total. The summed E-state index contributed by atoms with van der Waals surface area (Å²) in [5.74, 6) is 0.0373. The third-order valence-corrected chi connectivity index (χ3v) is 1.16. The van der Waals surface area contributed by atoms with Gasteiger partial charge in [-0.1, -0.05) is 6.58 Å². The second-order valence-corrected chi connectivity index (χ2v) is 2.20. The van der Waals surface area contributed by atoms with E-state index in [1.54, 1.807) is 13.2 Å². The highest BCUT2D eigenvalue weighted by Crippen LogP contribution is 2.00. The van der Waals surface area contributed by atoms with Gasteiger partial charge in [-0.2, -0.15) is 0 Å². The molecule has 0 aromatic rings. The normalized spacial score (nSPS) is 8.90. The van der Waals surface area contributed by atoms with Crippen LogP contribution in [0.5, 0.6) is 0 Å². The molecule has 0 heterocycles. The number of hydrogen-bond donors (Lipinski definition) is 0. The molecule has 0 spiro atoms. The molecule has 0 saturated heterocycles. The molecular formula is C8H11O2. The predicted molar refractivity (Wildman–Crippen MR) is 39.4 cm³/mol. The van der Waals surface area contributed by atoms with E-state index in [0.717, 1.165) is 0 Å². The molecule has 1 radical (unpaired) electrons. The third kappa shape index (κ3) is 4.01. The van der Waals surface area contributed by atoms with Gasteiger partial charge in [0.1, 0.15) is 0 Å². The van der Waals surface area contributed by atoms with Crippen LogP contribution < -0.4 is 0 Å². The van der Waals surface area contributed by atoms with E-state index in [-0.39, 0.29) is 5.78 Å². The maximum absolute atomic E-state index is 10.8. The van der Waals surface area contributed by atoms with Crippen molar-refractivity contribution >= 4 is 12.1 Å². The molecule has 0 aliphatic rings. The van der Waals surface area contributed by atoms with Crippen molar-refractivity contribution in [2.75, 3.05) is 0 Å². The number of Topliss-reactive ketones (excluding diaryl/α,β-unsaturated/α-hetero) is 1. The van der Waals surface area contributed by atoms with Crippen LogP contribution >= 0.6 is 0 Å². The highest BCUT2D eigenvalue weighted by Gasteiger charge is 2.00. The molecule has 0 fully saturated rings. The Bertz CT molecular complexity index is 147. The fraction of sp³-hybridized carbons (Fsp3) is 0.500. The maximum atomic E-state index is 10.8.